The number of hydrogen-bond acceptors (Lipinski definition) is 2. The van der Waals surface area contributed by atoms with Crippen molar-refractivity contribution in [2.24, 2.45) is 17.6 Å². The van der Waals surface area contributed by atoms with Gasteiger partial charge in [0.2, 0.25) is 0 Å². The van der Waals surface area contributed by atoms with Crippen molar-refractivity contribution in [1.82, 2.24) is 4.90 Å². The molecule has 2 fully saturated rings. The summed E-state index contributed by atoms with van der Waals surface area (Å²) in [6.07, 6.45) is 2.55. The van der Waals surface area contributed by atoms with Gasteiger partial charge in [-0.3, -0.25) is 0 Å². The first-order valence-corrected chi connectivity index (χ1v) is 4.20. The van der Waals surface area contributed by atoms with Crippen LogP contribution in [0.3, 0.4) is 0 Å². The van der Waals surface area contributed by atoms with Crippen LogP contribution in [0.15, 0.2) is 0 Å². The van der Waals surface area contributed by atoms with Crippen LogP contribution in [0.5, 0.6) is 0 Å². The number of likely N-dealkylation sites (tertiary alicyclic amines) is 1. The minimum absolute atomic E-state index is 0.517. The van der Waals surface area contributed by atoms with Crippen molar-refractivity contribution in [3.05, 3.63) is 0 Å². The fraction of sp³-hybridized carbons (Fsp3) is 1.00. The first-order chi connectivity index (χ1) is 4.75. The van der Waals surface area contributed by atoms with Crippen LogP contribution in [0.25, 0.3) is 0 Å². The maximum Gasteiger partial charge on any atom is 0.00452 e. The number of nitrogens with two attached hydrogens (primary N) is 1. The van der Waals surface area contributed by atoms with Gasteiger partial charge in [0.25, 0.3) is 0 Å². The van der Waals surface area contributed by atoms with E-state index in [1.165, 1.54) is 25.9 Å². The molecule has 1 aliphatic carbocycles. The second kappa shape index (κ2) is 2.21. The summed E-state index contributed by atoms with van der Waals surface area (Å²) < 4.78 is 0. The molecule has 0 aromatic heterocycles. The summed E-state index contributed by atoms with van der Waals surface area (Å²) in [7, 11) is 2.21. The predicted molar refractivity (Wildman–Crippen MR) is 41.7 cm³/mol. The fourth-order valence-electron chi connectivity index (χ4n) is 2.58. The van der Waals surface area contributed by atoms with Crippen LogP contribution >= 0.6 is 0 Å². The molecule has 2 heteroatoms. The van der Waals surface area contributed by atoms with Crippen molar-refractivity contribution in [1.29, 1.82) is 0 Å². The van der Waals surface area contributed by atoms with E-state index in [1.807, 2.05) is 0 Å². The SMILES string of the molecule is CN1C[C@H]2C[C@@H](N)C[C@H]2C1. The molecule has 0 radical (unpaired) electrons. The molecule has 1 aliphatic heterocycles. The molecule has 0 aromatic carbocycles. The molecule has 0 bridgehead atoms. The molecule has 0 amide bonds. The third kappa shape index (κ3) is 0.956. The number of rotatable bonds is 0. The van der Waals surface area contributed by atoms with E-state index in [-0.39, 0.29) is 0 Å². The lowest BCUT2D eigenvalue weighted by Gasteiger charge is -2.09. The molecule has 2 nitrogen and oxygen atoms in total. The standard InChI is InChI=1S/C8H16N2/c1-10-4-6-2-8(9)3-7(6)5-10/h6-8H,2-5,9H2,1H3/t6-,7+,8-. The smallest absolute Gasteiger partial charge is 0.00452 e. The van der Waals surface area contributed by atoms with Crippen molar-refractivity contribution in [2.75, 3.05) is 20.1 Å². The van der Waals surface area contributed by atoms with E-state index in [2.05, 4.69) is 11.9 Å². The first kappa shape index (κ1) is 6.62. The van der Waals surface area contributed by atoms with Crippen molar-refractivity contribution < 1.29 is 0 Å². The molecule has 10 heavy (non-hydrogen) atoms. The Balaban J connectivity index is 2.00. The summed E-state index contributed by atoms with van der Waals surface area (Å²) in [5.41, 5.74) is 5.85. The van der Waals surface area contributed by atoms with E-state index in [0.717, 1.165) is 11.8 Å². The van der Waals surface area contributed by atoms with Crippen molar-refractivity contribution in [3.63, 3.8) is 0 Å². The Morgan fingerprint density at radius 3 is 2.20 bits per heavy atom. The average Bonchev–Trinajstić information content (AvgIpc) is 2.21. The summed E-state index contributed by atoms with van der Waals surface area (Å²) in [5, 5.41) is 0. The lowest BCUT2D eigenvalue weighted by Crippen LogP contribution is -2.22. The van der Waals surface area contributed by atoms with Crippen LogP contribution in [-0.4, -0.2) is 31.1 Å². The van der Waals surface area contributed by atoms with Gasteiger partial charge >= 0.3 is 0 Å². The Kier molecular flexibility index (Phi) is 1.46. The van der Waals surface area contributed by atoms with Gasteiger partial charge < -0.3 is 10.6 Å². The average molecular weight is 140 g/mol. The van der Waals surface area contributed by atoms with Gasteiger partial charge in [-0.15, -0.1) is 0 Å². The van der Waals surface area contributed by atoms with Gasteiger partial charge in [-0.25, -0.2) is 0 Å². The molecule has 3 atom stereocenters. The normalized spacial score (nSPS) is 48.0. The Hall–Kier alpha value is -0.0800. The van der Waals surface area contributed by atoms with Crippen LogP contribution in [0.2, 0.25) is 0 Å². The molecule has 2 rings (SSSR count). The molecule has 2 N–H and O–H groups in total. The third-order valence-electron chi connectivity index (χ3n) is 2.97. The molecule has 1 heterocycles. The molecule has 1 saturated heterocycles. The zero-order chi connectivity index (χ0) is 7.14. The quantitative estimate of drug-likeness (QED) is 0.524. The Morgan fingerprint density at radius 2 is 1.70 bits per heavy atom. The third-order valence-corrected chi connectivity index (χ3v) is 2.97. The van der Waals surface area contributed by atoms with Gasteiger partial charge in [-0.2, -0.15) is 0 Å². The van der Waals surface area contributed by atoms with E-state index < -0.39 is 0 Å². The lowest BCUT2D eigenvalue weighted by atomic mass is 10.0. The molecule has 0 spiro atoms. The summed E-state index contributed by atoms with van der Waals surface area (Å²) in [6.45, 7) is 2.58. The van der Waals surface area contributed by atoms with Crippen LogP contribution in [0.4, 0.5) is 0 Å². The topological polar surface area (TPSA) is 29.3 Å². The first-order valence-electron chi connectivity index (χ1n) is 4.20. The highest BCUT2D eigenvalue weighted by molar-refractivity contribution is 4.92. The molecule has 0 unspecified atom stereocenters. The monoisotopic (exact) mass is 140 g/mol. The number of fused-ring (bicyclic) bond motifs is 1. The van der Waals surface area contributed by atoms with Gasteiger partial charge in [0, 0.05) is 19.1 Å². The van der Waals surface area contributed by atoms with E-state index in [1.54, 1.807) is 0 Å². The highest BCUT2D eigenvalue weighted by atomic mass is 15.1. The van der Waals surface area contributed by atoms with E-state index in [9.17, 15) is 0 Å². The Bertz CT molecular complexity index is 107. The molecule has 2 aliphatic rings. The summed E-state index contributed by atoms with van der Waals surface area (Å²) in [6, 6.07) is 0.517. The Labute approximate surface area is 62.4 Å². The number of hydrogen-bond donors (Lipinski definition) is 1. The van der Waals surface area contributed by atoms with Crippen LogP contribution in [0, 0.1) is 11.8 Å². The second-order valence-corrected chi connectivity index (χ2v) is 3.97. The van der Waals surface area contributed by atoms with Crippen LogP contribution in [0.1, 0.15) is 12.8 Å². The van der Waals surface area contributed by atoms with E-state index >= 15 is 0 Å². The minimum atomic E-state index is 0.517. The van der Waals surface area contributed by atoms with Crippen molar-refractivity contribution in [3.8, 4) is 0 Å². The summed E-state index contributed by atoms with van der Waals surface area (Å²) in [5.74, 6) is 1.86. The van der Waals surface area contributed by atoms with Crippen molar-refractivity contribution >= 4 is 0 Å². The maximum absolute atomic E-state index is 5.85. The predicted octanol–water partition coefficient (Wildman–Crippen LogP) is 0.285. The van der Waals surface area contributed by atoms with Crippen LogP contribution < -0.4 is 5.73 Å². The van der Waals surface area contributed by atoms with E-state index in [0.29, 0.717) is 6.04 Å². The highest BCUT2D eigenvalue weighted by Crippen LogP contribution is 2.36. The van der Waals surface area contributed by atoms with Crippen LogP contribution in [-0.2, 0) is 0 Å². The molecule has 58 valence electrons. The summed E-state index contributed by atoms with van der Waals surface area (Å²) >= 11 is 0. The van der Waals surface area contributed by atoms with Gasteiger partial charge in [0.15, 0.2) is 0 Å². The summed E-state index contributed by atoms with van der Waals surface area (Å²) in [4.78, 5) is 2.43. The lowest BCUT2D eigenvalue weighted by molar-refractivity contribution is 0.371. The highest BCUT2D eigenvalue weighted by Gasteiger charge is 2.37. The van der Waals surface area contributed by atoms with Gasteiger partial charge in [0.1, 0.15) is 0 Å². The second-order valence-electron chi connectivity index (χ2n) is 3.97. The molecular weight excluding hydrogens is 124 g/mol. The minimum Gasteiger partial charge on any atom is -0.328 e. The molecular formula is C8H16N2. The molecule has 1 saturated carbocycles. The Morgan fingerprint density at radius 1 is 1.20 bits per heavy atom. The molecule has 0 aromatic rings. The zero-order valence-electron chi connectivity index (χ0n) is 6.59. The zero-order valence-corrected chi connectivity index (χ0v) is 6.59. The van der Waals surface area contributed by atoms with E-state index in [4.69, 9.17) is 5.73 Å². The van der Waals surface area contributed by atoms with Gasteiger partial charge in [-0.1, -0.05) is 0 Å². The number of nitrogens with zero attached hydrogens (tertiary/aromatic N) is 1. The van der Waals surface area contributed by atoms with Gasteiger partial charge in [0.05, 0.1) is 0 Å². The maximum atomic E-state index is 5.85. The van der Waals surface area contributed by atoms with Gasteiger partial charge in [-0.05, 0) is 31.7 Å². The largest absolute Gasteiger partial charge is 0.328 e. The fourth-order valence-corrected chi connectivity index (χ4v) is 2.58. The van der Waals surface area contributed by atoms with Crippen molar-refractivity contribution in [2.45, 2.75) is 18.9 Å².